The standard InChI is InChI=1S/C15H17N5/c1-20-11-17-10-14(20)9-16-8-12-2-4-13(5-3-12)15-6-7-18-19-15/h2-7,10-11,16H,8-9H2,1H3,(H,18,19). The number of aromatic amines is 1. The van der Waals surface area contributed by atoms with Gasteiger partial charge in [0.05, 0.1) is 17.7 Å². The van der Waals surface area contributed by atoms with Crippen molar-refractivity contribution in [2.45, 2.75) is 13.1 Å². The Hall–Kier alpha value is -2.40. The average molecular weight is 267 g/mol. The molecule has 0 saturated carbocycles. The fourth-order valence-electron chi connectivity index (χ4n) is 2.11. The predicted octanol–water partition coefficient (Wildman–Crippen LogP) is 2.10. The smallest absolute Gasteiger partial charge is 0.0945 e. The van der Waals surface area contributed by atoms with Crippen molar-refractivity contribution in [1.82, 2.24) is 25.1 Å². The molecule has 102 valence electrons. The van der Waals surface area contributed by atoms with E-state index in [-0.39, 0.29) is 0 Å². The van der Waals surface area contributed by atoms with Crippen molar-refractivity contribution in [1.29, 1.82) is 0 Å². The summed E-state index contributed by atoms with van der Waals surface area (Å²) in [5, 5.41) is 10.3. The van der Waals surface area contributed by atoms with Gasteiger partial charge in [-0.15, -0.1) is 0 Å². The quantitative estimate of drug-likeness (QED) is 0.744. The first-order chi connectivity index (χ1) is 9.83. The molecule has 3 aromatic rings. The largest absolute Gasteiger partial charge is 0.337 e. The van der Waals surface area contributed by atoms with Gasteiger partial charge in [0, 0.05) is 32.5 Å². The molecule has 0 bridgehead atoms. The normalized spacial score (nSPS) is 10.8. The molecule has 5 nitrogen and oxygen atoms in total. The van der Waals surface area contributed by atoms with Gasteiger partial charge in [-0.25, -0.2) is 4.98 Å². The molecule has 0 spiro atoms. The number of H-pyrrole nitrogens is 1. The molecule has 3 rings (SSSR count). The van der Waals surface area contributed by atoms with Crippen LogP contribution in [0.3, 0.4) is 0 Å². The second kappa shape index (κ2) is 5.71. The van der Waals surface area contributed by atoms with Crippen LogP contribution in [-0.4, -0.2) is 19.7 Å². The van der Waals surface area contributed by atoms with Gasteiger partial charge in [0.15, 0.2) is 0 Å². The van der Waals surface area contributed by atoms with Crippen molar-refractivity contribution in [3.8, 4) is 11.3 Å². The van der Waals surface area contributed by atoms with Crippen molar-refractivity contribution >= 4 is 0 Å². The van der Waals surface area contributed by atoms with Crippen molar-refractivity contribution in [2.24, 2.45) is 7.05 Å². The van der Waals surface area contributed by atoms with Crippen LogP contribution in [0.2, 0.25) is 0 Å². The third-order valence-electron chi connectivity index (χ3n) is 3.32. The summed E-state index contributed by atoms with van der Waals surface area (Å²) in [6.07, 6.45) is 5.46. The van der Waals surface area contributed by atoms with Crippen LogP contribution in [0.1, 0.15) is 11.3 Å². The minimum absolute atomic E-state index is 0.818. The number of hydrogen-bond donors (Lipinski definition) is 2. The fourth-order valence-corrected chi connectivity index (χ4v) is 2.11. The maximum Gasteiger partial charge on any atom is 0.0945 e. The van der Waals surface area contributed by atoms with Gasteiger partial charge >= 0.3 is 0 Å². The van der Waals surface area contributed by atoms with E-state index >= 15 is 0 Å². The van der Waals surface area contributed by atoms with Crippen LogP contribution >= 0.6 is 0 Å². The molecule has 0 atom stereocenters. The van der Waals surface area contributed by atoms with Gasteiger partial charge in [0.2, 0.25) is 0 Å². The third kappa shape index (κ3) is 2.78. The van der Waals surface area contributed by atoms with E-state index in [1.54, 1.807) is 6.20 Å². The van der Waals surface area contributed by atoms with Crippen LogP contribution in [0, 0.1) is 0 Å². The summed E-state index contributed by atoms with van der Waals surface area (Å²) < 4.78 is 2.02. The lowest BCUT2D eigenvalue weighted by molar-refractivity contribution is 0.655. The molecular formula is C15H17N5. The maximum absolute atomic E-state index is 4.10. The van der Waals surface area contributed by atoms with Crippen LogP contribution in [0.5, 0.6) is 0 Å². The van der Waals surface area contributed by atoms with E-state index in [1.165, 1.54) is 11.3 Å². The topological polar surface area (TPSA) is 58.5 Å². The minimum atomic E-state index is 0.818. The number of hydrogen-bond acceptors (Lipinski definition) is 3. The molecule has 0 unspecified atom stereocenters. The average Bonchev–Trinajstić information content (AvgIpc) is 3.12. The highest BCUT2D eigenvalue weighted by molar-refractivity contribution is 5.58. The number of aromatic nitrogens is 4. The first-order valence-electron chi connectivity index (χ1n) is 6.57. The summed E-state index contributed by atoms with van der Waals surface area (Å²) in [6.45, 7) is 1.66. The highest BCUT2D eigenvalue weighted by Gasteiger charge is 2.00. The Morgan fingerprint density at radius 1 is 1.15 bits per heavy atom. The zero-order valence-electron chi connectivity index (χ0n) is 11.4. The molecule has 5 heteroatoms. The molecule has 2 aromatic heterocycles. The predicted molar refractivity (Wildman–Crippen MR) is 77.8 cm³/mol. The Kier molecular flexibility index (Phi) is 3.60. The van der Waals surface area contributed by atoms with Crippen molar-refractivity contribution in [2.75, 3.05) is 0 Å². The Labute approximate surface area is 117 Å². The van der Waals surface area contributed by atoms with Crippen molar-refractivity contribution < 1.29 is 0 Å². The first-order valence-corrected chi connectivity index (χ1v) is 6.57. The molecular weight excluding hydrogens is 250 g/mol. The summed E-state index contributed by atoms with van der Waals surface area (Å²) in [5.74, 6) is 0. The zero-order chi connectivity index (χ0) is 13.8. The number of rotatable bonds is 5. The van der Waals surface area contributed by atoms with Gasteiger partial charge in [-0.2, -0.15) is 5.10 Å². The molecule has 2 heterocycles. The molecule has 1 aromatic carbocycles. The molecule has 2 N–H and O–H groups in total. The molecule has 0 aliphatic rings. The van der Waals surface area contributed by atoms with Crippen molar-refractivity contribution in [3.05, 3.63) is 60.3 Å². The number of imidazole rings is 1. The van der Waals surface area contributed by atoms with Crippen LogP contribution in [0.25, 0.3) is 11.3 Å². The summed E-state index contributed by atoms with van der Waals surface area (Å²) in [7, 11) is 2.00. The lowest BCUT2D eigenvalue weighted by Crippen LogP contribution is -2.14. The van der Waals surface area contributed by atoms with Gasteiger partial charge in [0.1, 0.15) is 0 Å². The van der Waals surface area contributed by atoms with Crippen LogP contribution in [0.4, 0.5) is 0 Å². The number of nitrogens with one attached hydrogen (secondary N) is 2. The number of benzene rings is 1. The minimum Gasteiger partial charge on any atom is -0.337 e. The van der Waals surface area contributed by atoms with Crippen LogP contribution in [-0.2, 0) is 20.1 Å². The van der Waals surface area contributed by atoms with E-state index in [9.17, 15) is 0 Å². The lowest BCUT2D eigenvalue weighted by atomic mass is 10.1. The number of aryl methyl sites for hydroxylation is 1. The summed E-state index contributed by atoms with van der Waals surface area (Å²) in [5.41, 5.74) is 4.63. The molecule has 0 radical (unpaired) electrons. The van der Waals surface area contributed by atoms with Gasteiger partial charge in [-0.3, -0.25) is 5.10 Å². The SMILES string of the molecule is Cn1cncc1CNCc1ccc(-c2ccn[nH]2)cc1. The molecule has 0 aliphatic heterocycles. The summed E-state index contributed by atoms with van der Waals surface area (Å²) in [4.78, 5) is 4.10. The Bertz CT molecular complexity index is 652. The van der Waals surface area contributed by atoms with Gasteiger partial charge < -0.3 is 9.88 Å². The van der Waals surface area contributed by atoms with E-state index in [0.717, 1.165) is 24.3 Å². The second-order valence-electron chi connectivity index (χ2n) is 4.77. The first kappa shape index (κ1) is 12.6. The summed E-state index contributed by atoms with van der Waals surface area (Å²) >= 11 is 0. The third-order valence-corrected chi connectivity index (χ3v) is 3.32. The summed E-state index contributed by atoms with van der Waals surface area (Å²) in [6, 6.07) is 10.4. The maximum atomic E-state index is 4.10. The Balaban J connectivity index is 1.57. The molecule has 20 heavy (non-hydrogen) atoms. The van der Waals surface area contributed by atoms with E-state index in [0.29, 0.717) is 0 Å². The zero-order valence-corrected chi connectivity index (χ0v) is 11.4. The van der Waals surface area contributed by atoms with Crippen molar-refractivity contribution in [3.63, 3.8) is 0 Å². The van der Waals surface area contributed by atoms with E-state index in [1.807, 2.05) is 30.2 Å². The van der Waals surface area contributed by atoms with E-state index in [4.69, 9.17) is 0 Å². The van der Waals surface area contributed by atoms with Crippen LogP contribution in [0.15, 0.2) is 49.1 Å². The van der Waals surface area contributed by atoms with Gasteiger partial charge in [-0.1, -0.05) is 24.3 Å². The molecule has 0 saturated heterocycles. The van der Waals surface area contributed by atoms with Gasteiger partial charge in [0.25, 0.3) is 0 Å². The highest BCUT2D eigenvalue weighted by atomic mass is 15.1. The Morgan fingerprint density at radius 2 is 2.00 bits per heavy atom. The van der Waals surface area contributed by atoms with Gasteiger partial charge in [-0.05, 0) is 17.2 Å². The monoisotopic (exact) mass is 267 g/mol. The lowest BCUT2D eigenvalue weighted by Gasteiger charge is -2.06. The van der Waals surface area contributed by atoms with E-state index < -0.39 is 0 Å². The number of nitrogens with zero attached hydrogens (tertiary/aromatic N) is 3. The Morgan fingerprint density at radius 3 is 2.65 bits per heavy atom. The molecule has 0 aliphatic carbocycles. The molecule has 0 amide bonds. The van der Waals surface area contributed by atoms with Crippen LogP contribution < -0.4 is 5.32 Å². The fraction of sp³-hybridized carbons (Fsp3) is 0.200. The van der Waals surface area contributed by atoms with E-state index in [2.05, 4.69) is 44.8 Å². The second-order valence-corrected chi connectivity index (χ2v) is 4.77. The molecule has 0 fully saturated rings. The highest BCUT2D eigenvalue weighted by Crippen LogP contribution is 2.16.